The zero-order chi connectivity index (χ0) is 11.1. The first kappa shape index (κ1) is 10.4. The van der Waals surface area contributed by atoms with Gasteiger partial charge in [-0.05, 0) is 37.8 Å². The highest BCUT2D eigenvalue weighted by Gasteiger charge is 2.19. The number of imidazole rings is 1. The van der Waals surface area contributed by atoms with Gasteiger partial charge < -0.3 is 10.7 Å². The molecule has 0 saturated heterocycles. The number of benzene rings is 1. The second-order valence-corrected chi connectivity index (χ2v) is 5.50. The van der Waals surface area contributed by atoms with Gasteiger partial charge in [0.1, 0.15) is 0 Å². The van der Waals surface area contributed by atoms with Crippen molar-refractivity contribution in [1.82, 2.24) is 9.97 Å². The minimum absolute atomic E-state index is 0.119. The number of nitrogen functional groups attached to an aromatic ring is 1. The molecule has 80 valence electrons. The number of nitrogens with two attached hydrogens (primary N) is 1. The molecule has 0 radical (unpaired) electrons. The van der Waals surface area contributed by atoms with Gasteiger partial charge in [-0.3, -0.25) is 0 Å². The van der Waals surface area contributed by atoms with Gasteiger partial charge >= 0.3 is 0 Å². The molecule has 0 fully saturated rings. The maximum absolute atomic E-state index is 5.61. The van der Waals surface area contributed by atoms with E-state index < -0.39 is 0 Å². The van der Waals surface area contributed by atoms with Gasteiger partial charge in [-0.25, -0.2) is 4.98 Å². The van der Waals surface area contributed by atoms with E-state index in [1.165, 1.54) is 5.56 Å². The molecule has 0 aliphatic rings. The molecule has 0 unspecified atom stereocenters. The molecule has 0 amide bonds. The molecule has 0 atom stereocenters. The zero-order valence-corrected chi connectivity index (χ0v) is 9.98. The Labute approximate surface area is 93.5 Å². The number of nitrogens with one attached hydrogen (secondary N) is 1. The van der Waals surface area contributed by atoms with E-state index in [-0.39, 0.29) is 4.75 Å². The molecule has 0 spiro atoms. The Hall–Kier alpha value is -1.16. The highest BCUT2D eigenvalue weighted by Crippen LogP contribution is 2.34. The van der Waals surface area contributed by atoms with Gasteiger partial charge in [0.25, 0.3) is 0 Å². The Morgan fingerprint density at radius 3 is 2.80 bits per heavy atom. The summed E-state index contributed by atoms with van der Waals surface area (Å²) >= 11 is 1.83. The number of aromatic amines is 1. The second-order valence-electron chi connectivity index (χ2n) is 4.07. The number of H-pyrrole nitrogens is 1. The van der Waals surface area contributed by atoms with Crippen LogP contribution in [0.5, 0.6) is 0 Å². The highest BCUT2D eigenvalue weighted by molar-refractivity contribution is 7.99. The molecule has 0 aliphatic carbocycles. The monoisotopic (exact) mass is 221 g/mol. The summed E-state index contributed by atoms with van der Waals surface area (Å²) in [6.45, 7) is 4.41. The number of hydrogen-bond acceptors (Lipinski definition) is 3. The fourth-order valence-electron chi connectivity index (χ4n) is 1.52. The highest BCUT2D eigenvalue weighted by atomic mass is 32.2. The van der Waals surface area contributed by atoms with E-state index in [0.717, 1.165) is 11.0 Å². The Kier molecular flexibility index (Phi) is 2.38. The van der Waals surface area contributed by atoms with E-state index in [0.29, 0.717) is 5.95 Å². The van der Waals surface area contributed by atoms with E-state index in [1.807, 2.05) is 17.8 Å². The summed E-state index contributed by atoms with van der Waals surface area (Å²) in [5.74, 6) is 0.476. The standard InChI is InChI=1S/C11H15N3S/c1-11(2,15-3)7-4-5-8-9(6-7)14-10(12)13-8/h4-6H,1-3H3,(H3,12,13,14). The first-order chi connectivity index (χ1) is 7.03. The minimum Gasteiger partial charge on any atom is -0.369 e. The van der Waals surface area contributed by atoms with Crippen LogP contribution in [0.4, 0.5) is 5.95 Å². The maximum atomic E-state index is 5.61. The second kappa shape index (κ2) is 3.45. The Morgan fingerprint density at radius 2 is 2.13 bits per heavy atom. The van der Waals surface area contributed by atoms with Crippen molar-refractivity contribution >= 4 is 28.7 Å². The first-order valence-corrected chi connectivity index (χ1v) is 6.06. The lowest BCUT2D eigenvalue weighted by atomic mass is 10.0. The summed E-state index contributed by atoms with van der Waals surface area (Å²) in [4.78, 5) is 7.23. The van der Waals surface area contributed by atoms with Crippen molar-refractivity contribution in [3.63, 3.8) is 0 Å². The molecule has 2 rings (SSSR count). The smallest absolute Gasteiger partial charge is 0.198 e. The fraction of sp³-hybridized carbons (Fsp3) is 0.364. The van der Waals surface area contributed by atoms with Gasteiger partial charge in [-0.2, -0.15) is 11.8 Å². The van der Waals surface area contributed by atoms with Crippen LogP contribution in [0.1, 0.15) is 19.4 Å². The Morgan fingerprint density at radius 1 is 1.40 bits per heavy atom. The van der Waals surface area contributed by atoms with E-state index in [4.69, 9.17) is 5.73 Å². The van der Waals surface area contributed by atoms with Crippen LogP contribution in [0.2, 0.25) is 0 Å². The van der Waals surface area contributed by atoms with E-state index in [9.17, 15) is 0 Å². The van der Waals surface area contributed by atoms with E-state index in [2.05, 4.69) is 42.2 Å². The van der Waals surface area contributed by atoms with Crippen LogP contribution in [0, 0.1) is 0 Å². The average Bonchev–Trinajstić information content (AvgIpc) is 2.56. The molecule has 1 aromatic carbocycles. The normalized spacial score (nSPS) is 12.2. The fourth-order valence-corrected chi connectivity index (χ4v) is 1.88. The maximum Gasteiger partial charge on any atom is 0.198 e. The predicted molar refractivity (Wildman–Crippen MR) is 67.0 cm³/mol. The van der Waals surface area contributed by atoms with Gasteiger partial charge in [-0.1, -0.05) is 6.07 Å². The lowest BCUT2D eigenvalue weighted by Gasteiger charge is -2.22. The summed E-state index contributed by atoms with van der Waals surface area (Å²) in [5, 5.41) is 0. The quantitative estimate of drug-likeness (QED) is 0.819. The minimum atomic E-state index is 0.119. The van der Waals surface area contributed by atoms with E-state index >= 15 is 0 Å². The van der Waals surface area contributed by atoms with Gasteiger partial charge in [-0.15, -0.1) is 0 Å². The molecular formula is C11H15N3S. The molecule has 0 saturated carbocycles. The third-order valence-electron chi connectivity index (χ3n) is 2.71. The van der Waals surface area contributed by atoms with Crippen LogP contribution >= 0.6 is 11.8 Å². The number of aromatic nitrogens is 2. The Bertz CT molecular complexity index is 488. The topological polar surface area (TPSA) is 54.7 Å². The third kappa shape index (κ3) is 1.81. The van der Waals surface area contributed by atoms with Gasteiger partial charge in [0.15, 0.2) is 5.95 Å². The van der Waals surface area contributed by atoms with Crippen LogP contribution in [-0.4, -0.2) is 16.2 Å². The van der Waals surface area contributed by atoms with Crippen molar-refractivity contribution in [1.29, 1.82) is 0 Å². The van der Waals surface area contributed by atoms with Gasteiger partial charge in [0, 0.05) is 4.75 Å². The largest absolute Gasteiger partial charge is 0.369 e. The SMILES string of the molecule is CSC(C)(C)c1ccc2nc(N)[nH]c2c1. The molecule has 0 bridgehead atoms. The van der Waals surface area contributed by atoms with Crippen LogP contribution in [0.15, 0.2) is 18.2 Å². The van der Waals surface area contributed by atoms with Crippen LogP contribution < -0.4 is 5.73 Å². The van der Waals surface area contributed by atoms with Crippen molar-refractivity contribution in [2.75, 3.05) is 12.0 Å². The number of nitrogens with zero attached hydrogens (tertiary/aromatic N) is 1. The summed E-state index contributed by atoms with van der Waals surface area (Å²) in [7, 11) is 0. The summed E-state index contributed by atoms with van der Waals surface area (Å²) < 4.78 is 0.119. The Balaban J connectivity index is 2.55. The number of anilines is 1. The molecule has 0 aliphatic heterocycles. The molecule has 1 aromatic heterocycles. The number of rotatable bonds is 2. The van der Waals surface area contributed by atoms with Gasteiger partial charge in [0.2, 0.25) is 0 Å². The van der Waals surface area contributed by atoms with Crippen molar-refractivity contribution in [2.45, 2.75) is 18.6 Å². The number of thioether (sulfide) groups is 1. The van der Waals surface area contributed by atoms with Crippen molar-refractivity contribution in [3.8, 4) is 0 Å². The summed E-state index contributed by atoms with van der Waals surface area (Å²) in [6, 6.07) is 6.24. The molecule has 2 aromatic rings. The van der Waals surface area contributed by atoms with Crippen LogP contribution in [-0.2, 0) is 4.75 Å². The summed E-state index contributed by atoms with van der Waals surface area (Å²) in [5.41, 5.74) is 8.82. The molecule has 1 heterocycles. The lowest BCUT2D eigenvalue weighted by Crippen LogP contribution is -2.10. The lowest BCUT2D eigenvalue weighted by molar-refractivity contribution is 0.786. The average molecular weight is 221 g/mol. The molecule has 3 nitrogen and oxygen atoms in total. The first-order valence-electron chi connectivity index (χ1n) is 4.84. The number of hydrogen-bond donors (Lipinski definition) is 2. The molecule has 4 heteroatoms. The van der Waals surface area contributed by atoms with Crippen molar-refractivity contribution in [2.24, 2.45) is 0 Å². The van der Waals surface area contributed by atoms with Crippen molar-refractivity contribution < 1.29 is 0 Å². The van der Waals surface area contributed by atoms with Crippen molar-refractivity contribution in [3.05, 3.63) is 23.8 Å². The molecular weight excluding hydrogens is 206 g/mol. The molecule has 15 heavy (non-hydrogen) atoms. The van der Waals surface area contributed by atoms with Gasteiger partial charge in [0.05, 0.1) is 11.0 Å². The zero-order valence-electron chi connectivity index (χ0n) is 9.16. The van der Waals surface area contributed by atoms with Crippen LogP contribution in [0.3, 0.4) is 0 Å². The molecule has 3 N–H and O–H groups in total. The third-order valence-corrected chi connectivity index (χ3v) is 3.96. The number of fused-ring (bicyclic) bond motifs is 1. The van der Waals surface area contributed by atoms with E-state index in [1.54, 1.807) is 0 Å². The summed E-state index contributed by atoms with van der Waals surface area (Å²) in [6.07, 6.45) is 2.12. The predicted octanol–water partition coefficient (Wildman–Crippen LogP) is 2.74. The van der Waals surface area contributed by atoms with Crippen LogP contribution in [0.25, 0.3) is 11.0 Å².